The van der Waals surface area contributed by atoms with Gasteiger partial charge in [0, 0.05) is 57.1 Å². The predicted molar refractivity (Wildman–Crippen MR) is 109 cm³/mol. The van der Waals surface area contributed by atoms with E-state index < -0.39 is 0 Å². The van der Waals surface area contributed by atoms with Gasteiger partial charge in [0.15, 0.2) is 0 Å². The zero-order chi connectivity index (χ0) is 19.4. The van der Waals surface area contributed by atoms with Crippen molar-refractivity contribution in [1.29, 1.82) is 0 Å². The summed E-state index contributed by atoms with van der Waals surface area (Å²) in [5.41, 5.74) is 2.77. The minimum Gasteiger partial charge on any atom is -0.376 e. The maximum absolute atomic E-state index is 13.0. The SMILES string of the molecule is CC1=CCOCCN(C(=O)N2CC3(CCN(Cc4ccncc4)C3)C2)CC=C1. The van der Waals surface area contributed by atoms with Crippen molar-refractivity contribution in [2.75, 3.05) is 52.5 Å². The molecule has 1 aromatic heterocycles. The molecule has 0 atom stereocenters. The monoisotopic (exact) mass is 382 g/mol. The molecule has 0 unspecified atom stereocenters. The number of rotatable bonds is 2. The van der Waals surface area contributed by atoms with Crippen LogP contribution in [0, 0.1) is 5.41 Å². The number of aromatic nitrogens is 1. The van der Waals surface area contributed by atoms with Crippen LogP contribution in [-0.4, -0.2) is 78.2 Å². The Hall–Kier alpha value is -2.18. The van der Waals surface area contributed by atoms with Crippen molar-refractivity contribution >= 4 is 6.03 Å². The van der Waals surface area contributed by atoms with Crippen molar-refractivity contribution in [2.45, 2.75) is 19.9 Å². The van der Waals surface area contributed by atoms with E-state index in [2.05, 4.69) is 47.2 Å². The Morgan fingerprint density at radius 2 is 2.00 bits per heavy atom. The number of ether oxygens (including phenoxy) is 1. The van der Waals surface area contributed by atoms with Crippen LogP contribution < -0.4 is 0 Å². The van der Waals surface area contributed by atoms with Gasteiger partial charge in [0.25, 0.3) is 0 Å². The second kappa shape index (κ2) is 8.45. The third-order valence-corrected chi connectivity index (χ3v) is 6.00. The van der Waals surface area contributed by atoms with Crippen molar-refractivity contribution in [3.8, 4) is 0 Å². The molecule has 2 amide bonds. The standard InChI is InChI=1S/C22H30N4O2/c1-19-3-2-10-25(12-14-28-13-6-19)21(27)26-17-22(18-26)7-11-24(16-22)15-20-4-8-23-9-5-20/h2-6,8-9H,7,10-18H2,1H3. The zero-order valence-corrected chi connectivity index (χ0v) is 16.7. The summed E-state index contributed by atoms with van der Waals surface area (Å²) < 4.78 is 5.62. The van der Waals surface area contributed by atoms with Gasteiger partial charge in [-0.05, 0) is 37.6 Å². The Kier molecular flexibility index (Phi) is 5.78. The Balaban J connectivity index is 1.29. The van der Waals surface area contributed by atoms with Crippen LogP contribution in [0.3, 0.4) is 0 Å². The molecule has 150 valence electrons. The molecular formula is C22H30N4O2. The molecule has 4 heterocycles. The number of pyridine rings is 1. The van der Waals surface area contributed by atoms with E-state index in [4.69, 9.17) is 4.74 Å². The van der Waals surface area contributed by atoms with Crippen molar-refractivity contribution in [2.24, 2.45) is 5.41 Å². The van der Waals surface area contributed by atoms with Crippen LogP contribution in [0.2, 0.25) is 0 Å². The molecule has 0 radical (unpaired) electrons. The van der Waals surface area contributed by atoms with E-state index in [0.717, 1.165) is 32.7 Å². The van der Waals surface area contributed by atoms with E-state index in [1.54, 1.807) is 0 Å². The Bertz CT molecular complexity index is 740. The molecule has 28 heavy (non-hydrogen) atoms. The second-order valence-electron chi connectivity index (χ2n) is 8.33. The summed E-state index contributed by atoms with van der Waals surface area (Å²) in [4.78, 5) is 23.5. The van der Waals surface area contributed by atoms with E-state index in [1.165, 1.54) is 17.6 Å². The lowest BCUT2D eigenvalue weighted by atomic mass is 9.79. The van der Waals surface area contributed by atoms with Gasteiger partial charge in [-0.15, -0.1) is 0 Å². The fourth-order valence-corrected chi connectivity index (χ4v) is 4.41. The molecule has 0 N–H and O–H groups in total. The first-order chi connectivity index (χ1) is 13.6. The summed E-state index contributed by atoms with van der Waals surface area (Å²) in [6, 6.07) is 4.32. The van der Waals surface area contributed by atoms with Gasteiger partial charge in [-0.3, -0.25) is 9.88 Å². The van der Waals surface area contributed by atoms with Crippen LogP contribution in [-0.2, 0) is 11.3 Å². The number of allylic oxidation sites excluding steroid dienone is 2. The van der Waals surface area contributed by atoms with Gasteiger partial charge in [-0.2, -0.15) is 0 Å². The molecule has 6 heteroatoms. The molecule has 2 fully saturated rings. The highest BCUT2D eigenvalue weighted by atomic mass is 16.5. The highest BCUT2D eigenvalue weighted by molar-refractivity contribution is 5.76. The topological polar surface area (TPSA) is 48.9 Å². The smallest absolute Gasteiger partial charge is 0.320 e. The second-order valence-corrected chi connectivity index (χ2v) is 8.33. The molecule has 0 saturated carbocycles. The van der Waals surface area contributed by atoms with E-state index in [-0.39, 0.29) is 11.4 Å². The van der Waals surface area contributed by atoms with Crippen LogP contribution in [0.25, 0.3) is 0 Å². The van der Waals surface area contributed by atoms with Gasteiger partial charge < -0.3 is 14.5 Å². The third-order valence-electron chi connectivity index (χ3n) is 6.00. The van der Waals surface area contributed by atoms with E-state index >= 15 is 0 Å². The number of carbonyl (C=O) groups is 1. The summed E-state index contributed by atoms with van der Waals surface area (Å²) in [6.07, 6.45) is 11.1. The van der Waals surface area contributed by atoms with Crippen LogP contribution in [0.15, 0.2) is 48.3 Å². The minimum atomic E-state index is 0.147. The Morgan fingerprint density at radius 3 is 2.82 bits per heavy atom. The number of hydrogen-bond donors (Lipinski definition) is 0. The molecule has 3 aliphatic rings. The number of amides is 2. The number of likely N-dealkylation sites (tertiary alicyclic amines) is 2. The lowest BCUT2D eigenvalue weighted by molar-refractivity contribution is 0.0205. The maximum atomic E-state index is 13.0. The van der Waals surface area contributed by atoms with Crippen LogP contribution in [0.4, 0.5) is 4.79 Å². The zero-order valence-electron chi connectivity index (χ0n) is 16.7. The summed E-state index contributed by atoms with van der Waals surface area (Å²) >= 11 is 0. The minimum absolute atomic E-state index is 0.147. The van der Waals surface area contributed by atoms with Crippen molar-refractivity contribution < 1.29 is 9.53 Å². The van der Waals surface area contributed by atoms with Gasteiger partial charge >= 0.3 is 6.03 Å². The molecule has 0 aliphatic carbocycles. The predicted octanol–water partition coefficient (Wildman–Crippen LogP) is 2.54. The van der Waals surface area contributed by atoms with Gasteiger partial charge in [0.2, 0.25) is 0 Å². The quantitative estimate of drug-likeness (QED) is 0.789. The average Bonchev–Trinajstić information content (AvgIpc) is 3.10. The number of carbonyl (C=O) groups excluding carboxylic acids is 1. The van der Waals surface area contributed by atoms with Crippen molar-refractivity contribution in [3.63, 3.8) is 0 Å². The number of urea groups is 1. The largest absolute Gasteiger partial charge is 0.376 e. The van der Waals surface area contributed by atoms with Gasteiger partial charge in [-0.1, -0.05) is 23.8 Å². The molecule has 1 spiro atoms. The first kappa shape index (κ1) is 19.2. The van der Waals surface area contributed by atoms with Crippen molar-refractivity contribution in [3.05, 3.63) is 53.9 Å². The van der Waals surface area contributed by atoms with E-state index in [9.17, 15) is 4.79 Å². The Morgan fingerprint density at radius 1 is 1.18 bits per heavy atom. The molecule has 0 aromatic carbocycles. The molecule has 4 rings (SSSR count). The maximum Gasteiger partial charge on any atom is 0.320 e. The van der Waals surface area contributed by atoms with Crippen LogP contribution >= 0.6 is 0 Å². The molecule has 1 aromatic rings. The molecule has 2 saturated heterocycles. The first-order valence-electron chi connectivity index (χ1n) is 10.2. The fraction of sp³-hybridized carbons (Fsp3) is 0.545. The van der Waals surface area contributed by atoms with Crippen LogP contribution in [0.1, 0.15) is 18.9 Å². The van der Waals surface area contributed by atoms with Gasteiger partial charge in [-0.25, -0.2) is 4.79 Å². The lowest BCUT2D eigenvalue weighted by Crippen LogP contribution is -2.62. The summed E-state index contributed by atoms with van der Waals surface area (Å²) in [5.74, 6) is 0. The normalized spacial score (nSPS) is 22.8. The Labute approximate surface area is 167 Å². The van der Waals surface area contributed by atoms with Gasteiger partial charge in [0.05, 0.1) is 13.2 Å². The average molecular weight is 383 g/mol. The van der Waals surface area contributed by atoms with Crippen LogP contribution in [0.5, 0.6) is 0 Å². The summed E-state index contributed by atoms with van der Waals surface area (Å²) in [7, 11) is 0. The lowest BCUT2D eigenvalue weighted by Gasteiger charge is -2.49. The molecule has 3 aliphatic heterocycles. The molecule has 0 bridgehead atoms. The molecule has 6 nitrogen and oxygen atoms in total. The number of nitrogens with zero attached hydrogens (tertiary/aromatic N) is 4. The van der Waals surface area contributed by atoms with Crippen molar-refractivity contribution in [1.82, 2.24) is 19.7 Å². The highest BCUT2D eigenvalue weighted by Gasteiger charge is 2.49. The third kappa shape index (κ3) is 4.45. The highest BCUT2D eigenvalue weighted by Crippen LogP contribution is 2.40. The summed E-state index contributed by atoms with van der Waals surface area (Å²) in [6.45, 7) is 9.45. The van der Waals surface area contributed by atoms with E-state index in [1.807, 2.05) is 22.2 Å². The fourth-order valence-electron chi connectivity index (χ4n) is 4.41. The summed E-state index contributed by atoms with van der Waals surface area (Å²) in [5, 5.41) is 0. The van der Waals surface area contributed by atoms with E-state index in [0.29, 0.717) is 26.3 Å². The molecular weight excluding hydrogens is 352 g/mol. The number of hydrogen-bond acceptors (Lipinski definition) is 4. The van der Waals surface area contributed by atoms with Gasteiger partial charge in [0.1, 0.15) is 0 Å². The first-order valence-corrected chi connectivity index (χ1v) is 10.2.